The Bertz CT molecular complexity index is 1430. The maximum absolute atomic E-state index is 14.5. The highest BCUT2D eigenvalue weighted by Gasteiger charge is 2.34. The lowest BCUT2D eigenvalue weighted by Gasteiger charge is -2.33. The predicted molar refractivity (Wildman–Crippen MR) is 127 cm³/mol. The molecular formula is C25H22ClF3N6O. The number of amides is 1. The van der Waals surface area contributed by atoms with Crippen LogP contribution in [0.3, 0.4) is 0 Å². The van der Waals surface area contributed by atoms with Crippen LogP contribution in [0, 0.1) is 17.5 Å². The van der Waals surface area contributed by atoms with E-state index in [1.165, 1.54) is 18.2 Å². The number of rotatable bonds is 5. The minimum absolute atomic E-state index is 0.0745. The van der Waals surface area contributed by atoms with Crippen LogP contribution in [0.5, 0.6) is 0 Å². The van der Waals surface area contributed by atoms with E-state index in [2.05, 4.69) is 20.5 Å². The Morgan fingerprint density at radius 3 is 2.53 bits per heavy atom. The van der Waals surface area contributed by atoms with Crippen molar-refractivity contribution in [3.8, 4) is 11.3 Å². The molecule has 1 amide bonds. The fourth-order valence-corrected chi connectivity index (χ4v) is 5.10. The van der Waals surface area contributed by atoms with Gasteiger partial charge >= 0.3 is 0 Å². The van der Waals surface area contributed by atoms with E-state index in [-0.39, 0.29) is 10.6 Å². The standard InChI is InChI=1S/C25H22ClF3N6O/c1-13-23-20(24(34(2)32-23)15-8-16(27)10-17(28)9-15)5-6-35(13)25(36)21-11-18(29)7-14(22(21)26)3-4-19-12-30-33-31-19/h7-13H,3-6H2,1-2H3,(H,30,31,33)/t13-/m0/s1. The van der Waals surface area contributed by atoms with Gasteiger partial charge in [-0.2, -0.15) is 20.5 Å². The first-order valence-corrected chi connectivity index (χ1v) is 11.8. The molecule has 11 heteroatoms. The zero-order valence-corrected chi connectivity index (χ0v) is 20.3. The Hall–Kier alpha value is -3.66. The van der Waals surface area contributed by atoms with Crippen molar-refractivity contribution in [3.63, 3.8) is 0 Å². The number of benzene rings is 2. The third kappa shape index (κ3) is 4.37. The molecule has 3 heterocycles. The number of nitrogens with zero attached hydrogens (tertiary/aromatic N) is 5. The Balaban J connectivity index is 1.44. The van der Waals surface area contributed by atoms with E-state index >= 15 is 0 Å². The van der Waals surface area contributed by atoms with Gasteiger partial charge in [0, 0.05) is 30.8 Å². The Kier molecular flexibility index (Phi) is 6.29. The summed E-state index contributed by atoms with van der Waals surface area (Å²) in [6, 6.07) is 5.34. The van der Waals surface area contributed by atoms with Crippen LogP contribution in [0.4, 0.5) is 13.2 Å². The van der Waals surface area contributed by atoms with Crippen LogP contribution in [0.1, 0.15) is 45.8 Å². The number of H-pyrrole nitrogens is 1. The summed E-state index contributed by atoms with van der Waals surface area (Å²) >= 11 is 6.57. The number of hydrogen-bond acceptors (Lipinski definition) is 4. The maximum atomic E-state index is 14.5. The topological polar surface area (TPSA) is 79.7 Å². The van der Waals surface area contributed by atoms with Crippen molar-refractivity contribution in [1.82, 2.24) is 30.1 Å². The number of nitrogens with one attached hydrogen (secondary N) is 1. The molecule has 0 radical (unpaired) electrons. The molecule has 4 aromatic rings. The molecule has 7 nitrogen and oxygen atoms in total. The van der Waals surface area contributed by atoms with E-state index in [1.54, 1.807) is 22.8 Å². The van der Waals surface area contributed by atoms with Crippen LogP contribution in [-0.4, -0.2) is 42.5 Å². The van der Waals surface area contributed by atoms with Gasteiger partial charge < -0.3 is 4.90 Å². The lowest BCUT2D eigenvalue weighted by Crippen LogP contribution is -2.39. The van der Waals surface area contributed by atoms with Crippen LogP contribution in [0.15, 0.2) is 36.5 Å². The van der Waals surface area contributed by atoms with Crippen molar-refractivity contribution < 1.29 is 18.0 Å². The summed E-state index contributed by atoms with van der Waals surface area (Å²) in [5, 5.41) is 15.0. The van der Waals surface area contributed by atoms with Crippen molar-refractivity contribution in [1.29, 1.82) is 0 Å². The molecule has 0 spiro atoms. The summed E-state index contributed by atoms with van der Waals surface area (Å²) in [6.07, 6.45) is 2.86. The van der Waals surface area contributed by atoms with Gasteiger partial charge in [0.25, 0.3) is 5.91 Å². The van der Waals surface area contributed by atoms with E-state index in [9.17, 15) is 18.0 Å². The maximum Gasteiger partial charge on any atom is 0.256 e. The number of aromatic nitrogens is 5. The van der Waals surface area contributed by atoms with E-state index in [0.29, 0.717) is 54.0 Å². The van der Waals surface area contributed by atoms with Crippen LogP contribution < -0.4 is 0 Å². The van der Waals surface area contributed by atoms with Gasteiger partial charge in [-0.25, -0.2) is 13.2 Å². The fourth-order valence-electron chi connectivity index (χ4n) is 4.82. The van der Waals surface area contributed by atoms with Crippen molar-refractivity contribution >= 4 is 17.5 Å². The van der Waals surface area contributed by atoms with E-state index < -0.39 is 29.4 Å². The molecule has 0 saturated carbocycles. The molecule has 0 saturated heterocycles. The molecule has 2 aromatic heterocycles. The molecule has 1 aliphatic heterocycles. The van der Waals surface area contributed by atoms with Gasteiger partial charge in [0.1, 0.15) is 17.5 Å². The molecule has 186 valence electrons. The molecule has 0 aliphatic carbocycles. The zero-order valence-electron chi connectivity index (χ0n) is 19.5. The summed E-state index contributed by atoms with van der Waals surface area (Å²) in [6.45, 7) is 2.13. The van der Waals surface area contributed by atoms with Gasteiger partial charge in [0.05, 0.1) is 39.9 Å². The number of aryl methyl sites for hydroxylation is 3. The van der Waals surface area contributed by atoms with Crippen molar-refractivity contribution in [2.45, 2.75) is 32.2 Å². The molecule has 1 N–H and O–H groups in total. The van der Waals surface area contributed by atoms with Gasteiger partial charge in [-0.05, 0) is 56.0 Å². The second-order valence-corrected chi connectivity index (χ2v) is 9.18. The fraction of sp³-hybridized carbons (Fsp3) is 0.280. The Morgan fingerprint density at radius 2 is 1.83 bits per heavy atom. The van der Waals surface area contributed by atoms with Gasteiger partial charge in [-0.3, -0.25) is 9.48 Å². The highest BCUT2D eigenvalue weighted by Crippen LogP contribution is 2.37. The number of aromatic amines is 1. The molecular weight excluding hydrogens is 493 g/mol. The molecule has 36 heavy (non-hydrogen) atoms. The summed E-state index contributed by atoms with van der Waals surface area (Å²) in [5.74, 6) is -2.33. The van der Waals surface area contributed by atoms with E-state index in [0.717, 1.165) is 17.7 Å². The first kappa shape index (κ1) is 24.1. The Morgan fingerprint density at radius 1 is 1.11 bits per heavy atom. The molecule has 0 unspecified atom stereocenters. The monoisotopic (exact) mass is 514 g/mol. The SMILES string of the molecule is C[C@H]1c2nn(C)c(-c3cc(F)cc(F)c3)c2CCN1C(=O)c1cc(F)cc(CCc2cn[nH]n2)c1Cl. The van der Waals surface area contributed by atoms with Crippen molar-refractivity contribution in [2.24, 2.45) is 7.05 Å². The molecule has 5 rings (SSSR count). The second-order valence-electron chi connectivity index (χ2n) is 8.81. The average molecular weight is 515 g/mol. The predicted octanol–water partition coefficient (Wildman–Crippen LogP) is 4.82. The van der Waals surface area contributed by atoms with Crippen LogP contribution in [0.2, 0.25) is 5.02 Å². The van der Waals surface area contributed by atoms with Crippen molar-refractivity contribution in [2.75, 3.05) is 6.54 Å². The van der Waals surface area contributed by atoms with Crippen molar-refractivity contribution in [3.05, 3.63) is 87.1 Å². The smallest absolute Gasteiger partial charge is 0.256 e. The second kappa shape index (κ2) is 9.42. The molecule has 0 bridgehead atoms. The summed E-state index contributed by atoms with van der Waals surface area (Å²) in [7, 11) is 1.69. The molecule has 1 atom stereocenters. The lowest BCUT2D eigenvalue weighted by atomic mass is 9.94. The third-order valence-electron chi connectivity index (χ3n) is 6.50. The van der Waals surface area contributed by atoms with Crippen LogP contribution in [-0.2, 0) is 26.3 Å². The molecule has 1 aliphatic rings. The van der Waals surface area contributed by atoms with Crippen LogP contribution in [0.25, 0.3) is 11.3 Å². The minimum Gasteiger partial charge on any atom is -0.330 e. The minimum atomic E-state index is -0.680. The third-order valence-corrected chi connectivity index (χ3v) is 6.94. The van der Waals surface area contributed by atoms with Gasteiger partial charge in [-0.1, -0.05) is 11.6 Å². The quantitative estimate of drug-likeness (QED) is 0.414. The highest BCUT2D eigenvalue weighted by molar-refractivity contribution is 6.34. The number of carbonyl (C=O) groups is 1. The summed E-state index contributed by atoms with van der Waals surface area (Å²) in [4.78, 5) is 15.1. The van der Waals surface area contributed by atoms with E-state index in [1.807, 2.05) is 6.92 Å². The van der Waals surface area contributed by atoms with E-state index in [4.69, 9.17) is 11.6 Å². The zero-order chi connectivity index (χ0) is 25.6. The largest absolute Gasteiger partial charge is 0.330 e. The Labute approximate surface area is 209 Å². The average Bonchev–Trinajstić information content (AvgIpc) is 3.46. The van der Waals surface area contributed by atoms with Gasteiger partial charge in [0.15, 0.2) is 0 Å². The van der Waals surface area contributed by atoms with Crippen LogP contribution >= 0.6 is 11.6 Å². The first-order chi connectivity index (χ1) is 17.2. The number of halogens is 4. The molecule has 2 aromatic carbocycles. The first-order valence-electron chi connectivity index (χ1n) is 11.4. The lowest BCUT2D eigenvalue weighted by molar-refractivity contribution is 0.0673. The number of carbonyl (C=O) groups excluding carboxylic acids is 1. The summed E-state index contributed by atoms with van der Waals surface area (Å²) < 4.78 is 43.8. The number of fused-ring (bicyclic) bond motifs is 1. The van der Waals surface area contributed by atoms with Gasteiger partial charge in [-0.15, -0.1) is 0 Å². The summed E-state index contributed by atoms with van der Waals surface area (Å²) in [5.41, 5.74) is 3.69. The normalized spacial score (nSPS) is 15.3. The number of hydrogen-bond donors (Lipinski definition) is 1. The molecule has 0 fully saturated rings. The highest BCUT2D eigenvalue weighted by atomic mass is 35.5. The van der Waals surface area contributed by atoms with Gasteiger partial charge in [0.2, 0.25) is 0 Å².